The van der Waals surface area contributed by atoms with E-state index in [-0.39, 0.29) is 6.04 Å². The Morgan fingerprint density at radius 3 is 2.62 bits per heavy atom. The number of nitrogens with zero attached hydrogens (tertiary/aromatic N) is 1. The van der Waals surface area contributed by atoms with Crippen LogP contribution in [0.2, 0.25) is 0 Å². The number of ether oxygens (including phenoxy) is 1. The van der Waals surface area contributed by atoms with Crippen LogP contribution in [0.3, 0.4) is 0 Å². The number of likely N-dealkylation sites (N-methyl/N-ethyl adjacent to an activating group) is 1. The molecule has 0 saturated carbocycles. The molecule has 0 bridgehead atoms. The van der Waals surface area contributed by atoms with E-state index in [0.717, 1.165) is 26.1 Å². The molecule has 90 valence electrons. The van der Waals surface area contributed by atoms with Crippen LogP contribution in [-0.2, 0) is 11.3 Å². The molecule has 3 nitrogen and oxygen atoms in total. The Labute approximate surface area is 98.2 Å². The highest BCUT2D eigenvalue weighted by Crippen LogP contribution is 2.03. The highest BCUT2D eigenvalue weighted by molar-refractivity contribution is 5.14. The number of hydrogen-bond acceptors (Lipinski definition) is 3. The van der Waals surface area contributed by atoms with Crippen molar-refractivity contribution in [2.75, 3.05) is 27.3 Å². The molecule has 1 atom stereocenters. The first-order valence-corrected chi connectivity index (χ1v) is 5.69. The SMILES string of the molecule is COCCC(N)CN(C)Cc1ccccc1. The molecule has 0 radical (unpaired) electrons. The van der Waals surface area contributed by atoms with Crippen LogP contribution in [0.5, 0.6) is 0 Å². The molecule has 1 aromatic carbocycles. The van der Waals surface area contributed by atoms with Crippen LogP contribution < -0.4 is 5.73 Å². The molecule has 1 aromatic rings. The van der Waals surface area contributed by atoms with E-state index in [2.05, 4.69) is 36.2 Å². The molecule has 3 heteroatoms. The molecule has 0 saturated heterocycles. The number of benzene rings is 1. The highest BCUT2D eigenvalue weighted by atomic mass is 16.5. The zero-order valence-electron chi connectivity index (χ0n) is 10.2. The summed E-state index contributed by atoms with van der Waals surface area (Å²) in [5.41, 5.74) is 7.32. The van der Waals surface area contributed by atoms with Gasteiger partial charge in [-0.05, 0) is 19.0 Å². The molecule has 16 heavy (non-hydrogen) atoms. The maximum Gasteiger partial charge on any atom is 0.0477 e. The second-order valence-corrected chi connectivity index (χ2v) is 4.22. The second kappa shape index (κ2) is 7.39. The second-order valence-electron chi connectivity index (χ2n) is 4.22. The maximum absolute atomic E-state index is 5.99. The van der Waals surface area contributed by atoms with Gasteiger partial charge in [0.25, 0.3) is 0 Å². The summed E-state index contributed by atoms with van der Waals surface area (Å²) in [5, 5.41) is 0. The number of hydrogen-bond donors (Lipinski definition) is 1. The van der Waals surface area contributed by atoms with Crippen LogP contribution in [0.4, 0.5) is 0 Å². The third kappa shape index (κ3) is 5.26. The van der Waals surface area contributed by atoms with E-state index in [4.69, 9.17) is 10.5 Å². The van der Waals surface area contributed by atoms with Crippen LogP contribution in [-0.4, -0.2) is 38.3 Å². The Balaban J connectivity index is 2.27. The number of rotatable bonds is 7. The van der Waals surface area contributed by atoms with Gasteiger partial charge in [-0.1, -0.05) is 30.3 Å². The van der Waals surface area contributed by atoms with Crippen molar-refractivity contribution in [2.24, 2.45) is 5.73 Å². The summed E-state index contributed by atoms with van der Waals surface area (Å²) in [6.07, 6.45) is 0.912. The van der Waals surface area contributed by atoms with Gasteiger partial charge in [0, 0.05) is 32.8 Å². The van der Waals surface area contributed by atoms with Gasteiger partial charge in [0.05, 0.1) is 0 Å². The molecule has 0 aromatic heterocycles. The van der Waals surface area contributed by atoms with E-state index >= 15 is 0 Å². The van der Waals surface area contributed by atoms with Gasteiger partial charge in [-0.15, -0.1) is 0 Å². The summed E-state index contributed by atoms with van der Waals surface area (Å²) in [4.78, 5) is 2.25. The molecule has 0 fully saturated rings. The van der Waals surface area contributed by atoms with Crippen molar-refractivity contribution in [1.29, 1.82) is 0 Å². The molecule has 0 aliphatic rings. The van der Waals surface area contributed by atoms with Crippen LogP contribution >= 0.6 is 0 Å². The highest BCUT2D eigenvalue weighted by Gasteiger charge is 2.06. The molecule has 0 heterocycles. The first-order valence-electron chi connectivity index (χ1n) is 5.69. The minimum atomic E-state index is 0.189. The van der Waals surface area contributed by atoms with Crippen LogP contribution in [0.15, 0.2) is 30.3 Å². The lowest BCUT2D eigenvalue weighted by molar-refractivity contribution is 0.179. The first-order chi connectivity index (χ1) is 7.72. The van der Waals surface area contributed by atoms with Gasteiger partial charge in [0.15, 0.2) is 0 Å². The summed E-state index contributed by atoms with van der Waals surface area (Å²) >= 11 is 0. The number of nitrogens with two attached hydrogens (primary N) is 1. The fourth-order valence-electron chi connectivity index (χ4n) is 1.72. The summed E-state index contributed by atoms with van der Waals surface area (Å²) in [6, 6.07) is 10.6. The Morgan fingerprint density at radius 2 is 2.00 bits per heavy atom. The Morgan fingerprint density at radius 1 is 1.31 bits per heavy atom. The average molecular weight is 222 g/mol. The average Bonchev–Trinajstić information content (AvgIpc) is 2.27. The van der Waals surface area contributed by atoms with E-state index in [1.54, 1.807) is 7.11 Å². The van der Waals surface area contributed by atoms with Gasteiger partial charge in [-0.2, -0.15) is 0 Å². The van der Waals surface area contributed by atoms with E-state index in [9.17, 15) is 0 Å². The van der Waals surface area contributed by atoms with Crippen molar-refractivity contribution < 1.29 is 4.74 Å². The molecule has 0 amide bonds. The predicted octanol–water partition coefficient (Wildman–Crippen LogP) is 1.48. The van der Waals surface area contributed by atoms with E-state index in [1.807, 2.05) is 6.07 Å². The van der Waals surface area contributed by atoms with Crippen molar-refractivity contribution in [1.82, 2.24) is 4.90 Å². The summed E-state index contributed by atoms with van der Waals surface area (Å²) in [7, 11) is 3.81. The van der Waals surface area contributed by atoms with Crippen LogP contribution in [0, 0.1) is 0 Å². The lowest BCUT2D eigenvalue weighted by Gasteiger charge is -2.21. The smallest absolute Gasteiger partial charge is 0.0477 e. The Hall–Kier alpha value is -0.900. The van der Waals surface area contributed by atoms with Crippen molar-refractivity contribution in [3.05, 3.63) is 35.9 Å². The van der Waals surface area contributed by atoms with E-state index in [1.165, 1.54) is 5.56 Å². The van der Waals surface area contributed by atoms with E-state index < -0.39 is 0 Å². The quantitative estimate of drug-likeness (QED) is 0.759. The fourth-order valence-corrected chi connectivity index (χ4v) is 1.72. The molecule has 0 aliphatic carbocycles. The fraction of sp³-hybridized carbons (Fsp3) is 0.538. The zero-order chi connectivity index (χ0) is 11.8. The molecule has 0 spiro atoms. The van der Waals surface area contributed by atoms with Gasteiger partial charge in [-0.25, -0.2) is 0 Å². The first kappa shape index (κ1) is 13.2. The van der Waals surface area contributed by atoms with Gasteiger partial charge < -0.3 is 15.4 Å². The van der Waals surface area contributed by atoms with E-state index in [0.29, 0.717) is 0 Å². The zero-order valence-corrected chi connectivity index (χ0v) is 10.2. The van der Waals surface area contributed by atoms with Gasteiger partial charge in [0.1, 0.15) is 0 Å². The molecule has 1 unspecified atom stereocenters. The van der Waals surface area contributed by atoms with Gasteiger partial charge >= 0.3 is 0 Å². The predicted molar refractivity (Wildman–Crippen MR) is 67.2 cm³/mol. The molecular formula is C13H22N2O. The minimum Gasteiger partial charge on any atom is -0.385 e. The minimum absolute atomic E-state index is 0.189. The normalized spacial score (nSPS) is 13.0. The Kier molecular flexibility index (Phi) is 6.08. The lowest BCUT2D eigenvalue weighted by Crippen LogP contribution is -2.35. The third-order valence-corrected chi connectivity index (χ3v) is 2.53. The summed E-state index contributed by atoms with van der Waals surface area (Å²) in [5.74, 6) is 0. The monoisotopic (exact) mass is 222 g/mol. The molecule has 2 N–H and O–H groups in total. The topological polar surface area (TPSA) is 38.5 Å². The largest absolute Gasteiger partial charge is 0.385 e. The summed E-state index contributed by atoms with van der Waals surface area (Å²) < 4.78 is 5.01. The molecule has 1 rings (SSSR count). The summed E-state index contributed by atoms with van der Waals surface area (Å²) in [6.45, 7) is 2.58. The van der Waals surface area contributed by atoms with Crippen LogP contribution in [0.1, 0.15) is 12.0 Å². The third-order valence-electron chi connectivity index (χ3n) is 2.53. The van der Waals surface area contributed by atoms with Crippen molar-refractivity contribution >= 4 is 0 Å². The number of methoxy groups -OCH3 is 1. The van der Waals surface area contributed by atoms with Crippen LogP contribution in [0.25, 0.3) is 0 Å². The van der Waals surface area contributed by atoms with Crippen molar-refractivity contribution in [2.45, 2.75) is 19.0 Å². The standard InChI is InChI=1S/C13H22N2O/c1-15(11-13(14)8-9-16-2)10-12-6-4-3-5-7-12/h3-7,13H,8-11,14H2,1-2H3. The molecular weight excluding hydrogens is 200 g/mol. The van der Waals surface area contributed by atoms with Crippen molar-refractivity contribution in [3.63, 3.8) is 0 Å². The molecule has 0 aliphatic heterocycles. The van der Waals surface area contributed by atoms with Gasteiger partial charge in [-0.3, -0.25) is 0 Å². The lowest BCUT2D eigenvalue weighted by atomic mass is 10.2. The van der Waals surface area contributed by atoms with Crippen molar-refractivity contribution in [3.8, 4) is 0 Å². The Bertz CT molecular complexity index is 277. The van der Waals surface area contributed by atoms with Gasteiger partial charge in [0.2, 0.25) is 0 Å². The maximum atomic E-state index is 5.99.